The minimum atomic E-state index is 0. The molecule has 0 spiro atoms. The number of carbonyl (C=O) groups is 1. The molecule has 0 aromatic rings. The van der Waals surface area contributed by atoms with E-state index in [0.717, 1.165) is 19.5 Å². The summed E-state index contributed by atoms with van der Waals surface area (Å²) < 4.78 is 0. The SMILES string of the molecule is CC(C)C(=O)N[C@H]1CCNC1.Cl. The zero-order valence-corrected chi connectivity index (χ0v) is 8.41. The number of rotatable bonds is 2. The van der Waals surface area contributed by atoms with Gasteiger partial charge in [0.15, 0.2) is 0 Å². The van der Waals surface area contributed by atoms with E-state index in [0.29, 0.717) is 6.04 Å². The van der Waals surface area contributed by atoms with Crippen LogP contribution in [0.5, 0.6) is 0 Å². The molecule has 3 nitrogen and oxygen atoms in total. The third-order valence-electron chi connectivity index (χ3n) is 1.93. The van der Waals surface area contributed by atoms with Crippen molar-refractivity contribution >= 4 is 18.3 Å². The molecule has 2 N–H and O–H groups in total. The maximum atomic E-state index is 11.2. The fraction of sp³-hybridized carbons (Fsp3) is 0.875. The highest BCUT2D eigenvalue weighted by Gasteiger charge is 2.17. The topological polar surface area (TPSA) is 41.1 Å². The van der Waals surface area contributed by atoms with Crippen molar-refractivity contribution in [3.05, 3.63) is 0 Å². The molecular weight excluding hydrogens is 176 g/mol. The summed E-state index contributed by atoms with van der Waals surface area (Å²) in [5.74, 6) is 0.273. The minimum Gasteiger partial charge on any atom is -0.352 e. The Balaban J connectivity index is 0.00000121. The fourth-order valence-electron chi connectivity index (χ4n) is 1.15. The Morgan fingerprint density at radius 3 is 2.67 bits per heavy atom. The first-order chi connectivity index (χ1) is 5.20. The van der Waals surface area contributed by atoms with Gasteiger partial charge < -0.3 is 10.6 Å². The van der Waals surface area contributed by atoms with Crippen molar-refractivity contribution in [3.63, 3.8) is 0 Å². The molecule has 1 amide bonds. The molecule has 0 aromatic carbocycles. The Labute approximate surface area is 79.7 Å². The Hall–Kier alpha value is -0.280. The van der Waals surface area contributed by atoms with Crippen molar-refractivity contribution in [1.82, 2.24) is 10.6 Å². The number of halogens is 1. The summed E-state index contributed by atoms with van der Waals surface area (Å²) in [6.45, 7) is 5.79. The summed E-state index contributed by atoms with van der Waals surface area (Å²) >= 11 is 0. The molecule has 0 radical (unpaired) electrons. The van der Waals surface area contributed by atoms with E-state index in [1.165, 1.54) is 0 Å². The van der Waals surface area contributed by atoms with Crippen LogP contribution in [0, 0.1) is 5.92 Å². The quantitative estimate of drug-likeness (QED) is 0.671. The summed E-state index contributed by atoms with van der Waals surface area (Å²) in [6.07, 6.45) is 1.07. The lowest BCUT2D eigenvalue weighted by molar-refractivity contribution is -0.124. The first kappa shape index (κ1) is 11.7. The maximum Gasteiger partial charge on any atom is 0.222 e. The third-order valence-corrected chi connectivity index (χ3v) is 1.93. The van der Waals surface area contributed by atoms with Gasteiger partial charge in [-0.1, -0.05) is 13.8 Å². The van der Waals surface area contributed by atoms with Gasteiger partial charge in [0.2, 0.25) is 5.91 Å². The van der Waals surface area contributed by atoms with Gasteiger partial charge in [-0.3, -0.25) is 4.79 Å². The smallest absolute Gasteiger partial charge is 0.222 e. The number of carbonyl (C=O) groups excluding carboxylic acids is 1. The predicted molar refractivity (Wildman–Crippen MR) is 51.5 cm³/mol. The molecular formula is C8H17ClN2O. The molecule has 1 aliphatic rings. The molecule has 0 saturated carbocycles. The van der Waals surface area contributed by atoms with E-state index in [1.807, 2.05) is 13.8 Å². The molecule has 4 heteroatoms. The number of hydrogen-bond donors (Lipinski definition) is 2. The van der Waals surface area contributed by atoms with Crippen LogP contribution in [-0.4, -0.2) is 25.0 Å². The Morgan fingerprint density at radius 2 is 2.25 bits per heavy atom. The zero-order chi connectivity index (χ0) is 8.27. The molecule has 0 aromatic heterocycles. The Kier molecular flexibility index (Phi) is 5.25. The first-order valence-electron chi connectivity index (χ1n) is 4.21. The molecule has 1 rings (SSSR count). The van der Waals surface area contributed by atoms with Gasteiger partial charge in [-0.15, -0.1) is 12.4 Å². The molecule has 1 atom stereocenters. The van der Waals surface area contributed by atoms with Crippen molar-refractivity contribution in [2.24, 2.45) is 5.92 Å². The summed E-state index contributed by atoms with van der Waals surface area (Å²) in [5.41, 5.74) is 0. The highest BCUT2D eigenvalue weighted by atomic mass is 35.5. The monoisotopic (exact) mass is 192 g/mol. The first-order valence-corrected chi connectivity index (χ1v) is 4.21. The van der Waals surface area contributed by atoms with Crippen molar-refractivity contribution < 1.29 is 4.79 Å². The second-order valence-corrected chi connectivity index (χ2v) is 3.35. The van der Waals surface area contributed by atoms with Crippen molar-refractivity contribution in [2.45, 2.75) is 26.3 Å². The van der Waals surface area contributed by atoms with Gasteiger partial charge in [0.25, 0.3) is 0 Å². The normalized spacial score (nSPS) is 22.1. The van der Waals surface area contributed by atoms with Crippen molar-refractivity contribution in [1.29, 1.82) is 0 Å². The van der Waals surface area contributed by atoms with Crippen LogP contribution in [0.3, 0.4) is 0 Å². The molecule has 0 unspecified atom stereocenters. The Morgan fingerprint density at radius 1 is 1.58 bits per heavy atom. The lowest BCUT2D eigenvalue weighted by atomic mass is 10.2. The molecule has 0 aliphatic carbocycles. The van der Waals surface area contributed by atoms with Crippen LogP contribution in [0.4, 0.5) is 0 Å². The van der Waals surface area contributed by atoms with Gasteiger partial charge in [0, 0.05) is 18.5 Å². The van der Waals surface area contributed by atoms with Crippen LogP contribution >= 0.6 is 12.4 Å². The molecule has 1 fully saturated rings. The van der Waals surface area contributed by atoms with Gasteiger partial charge in [-0.25, -0.2) is 0 Å². The van der Waals surface area contributed by atoms with Gasteiger partial charge in [0.1, 0.15) is 0 Å². The Bertz CT molecular complexity index is 144. The predicted octanol–water partition coefficient (Wildman–Crippen LogP) is 0.542. The van der Waals surface area contributed by atoms with Crippen molar-refractivity contribution in [3.8, 4) is 0 Å². The zero-order valence-electron chi connectivity index (χ0n) is 7.59. The summed E-state index contributed by atoms with van der Waals surface area (Å²) in [5, 5.41) is 6.18. The number of hydrogen-bond acceptors (Lipinski definition) is 2. The fourth-order valence-corrected chi connectivity index (χ4v) is 1.15. The maximum absolute atomic E-state index is 11.2. The second kappa shape index (κ2) is 5.38. The second-order valence-electron chi connectivity index (χ2n) is 3.35. The summed E-state index contributed by atoms with van der Waals surface area (Å²) in [7, 11) is 0. The summed E-state index contributed by atoms with van der Waals surface area (Å²) in [6, 6.07) is 0.366. The summed E-state index contributed by atoms with van der Waals surface area (Å²) in [4.78, 5) is 11.2. The van der Waals surface area contributed by atoms with Gasteiger partial charge in [0.05, 0.1) is 0 Å². The standard InChI is InChI=1S/C8H16N2O.ClH/c1-6(2)8(11)10-7-3-4-9-5-7;/h6-7,9H,3-5H2,1-2H3,(H,10,11);1H/t7-;/m0./s1. The van der Waals surface area contributed by atoms with Crippen LogP contribution < -0.4 is 10.6 Å². The largest absolute Gasteiger partial charge is 0.352 e. The lowest BCUT2D eigenvalue weighted by Gasteiger charge is -2.12. The van der Waals surface area contributed by atoms with E-state index in [9.17, 15) is 4.79 Å². The van der Waals surface area contributed by atoms with E-state index in [4.69, 9.17) is 0 Å². The molecule has 1 aliphatic heterocycles. The highest BCUT2D eigenvalue weighted by molar-refractivity contribution is 5.85. The van der Waals surface area contributed by atoms with Gasteiger partial charge >= 0.3 is 0 Å². The van der Waals surface area contributed by atoms with Crippen LogP contribution in [-0.2, 0) is 4.79 Å². The van der Waals surface area contributed by atoms with Gasteiger partial charge in [-0.2, -0.15) is 0 Å². The van der Waals surface area contributed by atoms with Crippen LogP contribution in [0.15, 0.2) is 0 Å². The lowest BCUT2D eigenvalue weighted by Crippen LogP contribution is -2.38. The van der Waals surface area contributed by atoms with E-state index >= 15 is 0 Å². The van der Waals surface area contributed by atoms with Crippen LogP contribution in [0.1, 0.15) is 20.3 Å². The molecule has 1 heterocycles. The molecule has 12 heavy (non-hydrogen) atoms. The number of amides is 1. The van der Waals surface area contributed by atoms with Crippen LogP contribution in [0.2, 0.25) is 0 Å². The average Bonchev–Trinajstić information content (AvgIpc) is 2.39. The molecule has 72 valence electrons. The van der Waals surface area contributed by atoms with Gasteiger partial charge in [-0.05, 0) is 13.0 Å². The van der Waals surface area contributed by atoms with E-state index in [2.05, 4.69) is 10.6 Å². The molecule has 1 saturated heterocycles. The third kappa shape index (κ3) is 3.41. The number of nitrogens with one attached hydrogen (secondary N) is 2. The van der Waals surface area contributed by atoms with Crippen LogP contribution in [0.25, 0.3) is 0 Å². The van der Waals surface area contributed by atoms with E-state index in [-0.39, 0.29) is 24.2 Å². The average molecular weight is 193 g/mol. The van der Waals surface area contributed by atoms with E-state index < -0.39 is 0 Å². The minimum absolute atomic E-state index is 0. The van der Waals surface area contributed by atoms with E-state index in [1.54, 1.807) is 0 Å². The molecule has 0 bridgehead atoms. The van der Waals surface area contributed by atoms with Crippen molar-refractivity contribution in [2.75, 3.05) is 13.1 Å². The highest BCUT2D eigenvalue weighted by Crippen LogP contribution is 1.99.